The average Bonchev–Trinajstić information content (AvgIpc) is 2.24. The zero-order chi connectivity index (χ0) is 11.1. The normalized spacial score (nSPS) is 23.6. The summed E-state index contributed by atoms with van der Waals surface area (Å²) in [6, 6.07) is 0.748. The Kier molecular flexibility index (Phi) is 6.22. The number of piperidine rings is 1. The number of rotatable bonds is 6. The van der Waals surface area contributed by atoms with E-state index in [4.69, 9.17) is 5.11 Å². The van der Waals surface area contributed by atoms with E-state index in [0.717, 1.165) is 18.9 Å². The van der Waals surface area contributed by atoms with Gasteiger partial charge in [0.25, 0.3) is 0 Å². The molecule has 0 radical (unpaired) electrons. The summed E-state index contributed by atoms with van der Waals surface area (Å²) >= 11 is 0. The molecule has 0 aliphatic carbocycles. The number of likely N-dealkylation sites (tertiary alicyclic amines) is 1. The van der Waals surface area contributed by atoms with E-state index in [9.17, 15) is 0 Å². The van der Waals surface area contributed by atoms with E-state index in [-0.39, 0.29) is 0 Å². The first-order valence-corrected chi connectivity index (χ1v) is 6.23. The molecule has 1 saturated heterocycles. The second kappa shape index (κ2) is 7.20. The summed E-state index contributed by atoms with van der Waals surface area (Å²) in [7, 11) is 4.45. The van der Waals surface area contributed by atoms with Crippen molar-refractivity contribution < 1.29 is 5.11 Å². The van der Waals surface area contributed by atoms with E-state index < -0.39 is 0 Å². The molecule has 3 heteroatoms. The van der Waals surface area contributed by atoms with Gasteiger partial charge in [0, 0.05) is 19.2 Å². The molecule has 1 fully saturated rings. The molecule has 0 spiro atoms. The second-order valence-corrected chi connectivity index (χ2v) is 4.82. The van der Waals surface area contributed by atoms with Crippen LogP contribution in [0.4, 0.5) is 0 Å². The van der Waals surface area contributed by atoms with Crippen LogP contribution >= 0.6 is 0 Å². The minimum Gasteiger partial charge on any atom is -0.396 e. The van der Waals surface area contributed by atoms with Crippen molar-refractivity contribution >= 4 is 0 Å². The lowest BCUT2D eigenvalue weighted by atomic mass is 10.0. The molecule has 0 bridgehead atoms. The summed E-state index contributed by atoms with van der Waals surface area (Å²) < 4.78 is 0. The monoisotopic (exact) mass is 214 g/mol. The molecular weight excluding hydrogens is 188 g/mol. The Labute approximate surface area is 94.1 Å². The highest BCUT2D eigenvalue weighted by Crippen LogP contribution is 2.13. The van der Waals surface area contributed by atoms with Gasteiger partial charge < -0.3 is 14.9 Å². The first-order chi connectivity index (χ1) is 7.24. The van der Waals surface area contributed by atoms with Gasteiger partial charge >= 0.3 is 0 Å². The maximum atomic E-state index is 8.69. The molecule has 3 nitrogen and oxygen atoms in total. The topological polar surface area (TPSA) is 26.7 Å². The third kappa shape index (κ3) is 4.96. The third-order valence-corrected chi connectivity index (χ3v) is 3.39. The van der Waals surface area contributed by atoms with Crippen molar-refractivity contribution in [2.45, 2.75) is 38.1 Å². The molecule has 1 unspecified atom stereocenters. The van der Waals surface area contributed by atoms with Crippen LogP contribution in [0.3, 0.4) is 0 Å². The lowest BCUT2D eigenvalue weighted by Gasteiger charge is -2.35. The molecule has 0 amide bonds. The minimum atomic E-state index is 0.343. The van der Waals surface area contributed by atoms with E-state index in [1.165, 1.54) is 38.9 Å². The van der Waals surface area contributed by atoms with Crippen LogP contribution in [0.5, 0.6) is 0 Å². The van der Waals surface area contributed by atoms with Gasteiger partial charge in [-0.25, -0.2) is 0 Å². The number of nitrogens with zero attached hydrogens (tertiary/aromatic N) is 2. The fraction of sp³-hybridized carbons (Fsp3) is 1.00. The Balaban J connectivity index is 2.12. The van der Waals surface area contributed by atoms with Crippen molar-refractivity contribution in [3.63, 3.8) is 0 Å². The summed E-state index contributed by atoms with van der Waals surface area (Å²) in [5.41, 5.74) is 0. The quantitative estimate of drug-likeness (QED) is 0.673. The highest BCUT2D eigenvalue weighted by molar-refractivity contribution is 4.77. The molecule has 0 aromatic carbocycles. The van der Waals surface area contributed by atoms with Gasteiger partial charge in [-0.1, -0.05) is 0 Å². The molecule has 0 aromatic rings. The maximum Gasteiger partial charge on any atom is 0.0431 e. The smallest absolute Gasteiger partial charge is 0.0431 e. The third-order valence-electron chi connectivity index (χ3n) is 3.39. The highest BCUT2D eigenvalue weighted by Gasteiger charge is 2.20. The molecule has 15 heavy (non-hydrogen) atoms. The van der Waals surface area contributed by atoms with Gasteiger partial charge in [0.2, 0.25) is 0 Å². The van der Waals surface area contributed by atoms with Crippen LogP contribution in [0.25, 0.3) is 0 Å². The van der Waals surface area contributed by atoms with Crippen LogP contribution in [-0.4, -0.2) is 61.3 Å². The number of likely N-dealkylation sites (N-methyl/N-ethyl adjacent to an activating group) is 2. The fourth-order valence-corrected chi connectivity index (χ4v) is 2.33. The first-order valence-electron chi connectivity index (χ1n) is 6.23. The standard InChI is InChI=1S/C12H26N2O/c1-13-8-6-7-12(11-13)14(2)9-4-3-5-10-15/h12,15H,3-11H2,1-2H3. The molecule has 1 aliphatic heterocycles. The van der Waals surface area contributed by atoms with Gasteiger partial charge in [0.15, 0.2) is 0 Å². The summed E-state index contributed by atoms with van der Waals surface area (Å²) in [6.45, 7) is 4.00. The predicted octanol–water partition coefficient (Wildman–Crippen LogP) is 1.17. The number of hydrogen-bond acceptors (Lipinski definition) is 3. The number of aliphatic hydroxyl groups excluding tert-OH is 1. The van der Waals surface area contributed by atoms with E-state index in [2.05, 4.69) is 23.9 Å². The van der Waals surface area contributed by atoms with Crippen LogP contribution in [0, 0.1) is 0 Å². The highest BCUT2D eigenvalue weighted by atomic mass is 16.2. The van der Waals surface area contributed by atoms with Crippen molar-refractivity contribution in [2.75, 3.05) is 40.3 Å². The van der Waals surface area contributed by atoms with E-state index in [0.29, 0.717) is 6.61 Å². The molecule has 0 aromatic heterocycles. The molecule has 90 valence electrons. The molecule has 1 atom stereocenters. The van der Waals surface area contributed by atoms with Crippen LogP contribution in [0.1, 0.15) is 32.1 Å². The van der Waals surface area contributed by atoms with Crippen LogP contribution < -0.4 is 0 Å². The average molecular weight is 214 g/mol. The predicted molar refractivity (Wildman–Crippen MR) is 64.1 cm³/mol. The van der Waals surface area contributed by atoms with Crippen molar-refractivity contribution in [1.29, 1.82) is 0 Å². The van der Waals surface area contributed by atoms with Gasteiger partial charge in [-0.3, -0.25) is 0 Å². The molecule has 1 N–H and O–H groups in total. The zero-order valence-electron chi connectivity index (χ0n) is 10.3. The fourth-order valence-electron chi connectivity index (χ4n) is 2.33. The van der Waals surface area contributed by atoms with Gasteiger partial charge in [0.05, 0.1) is 0 Å². The molecule has 1 aliphatic rings. The van der Waals surface area contributed by atoms with Crippen molar-refractivity contribution in [1.82, 2.24) is 9.80 Å². The SMILES string of the molecule is CN1CCCC(N(C)CCCCCO)C1. The van der Waals surface area contributed by atoms with Gasteiger partial charge in [-0.15, -0.1) is 0 Å². The largest absolute Gasteiger partial charge is 0.396 e. The van der Waals surface area contributed by atoms with Gasteiger partial charge in [-0.05, 0) is 59.3 Å². The number of unbranched alkanes of at least 4 members (excludes halogenated alkanes) is 2. The van der Waals surface area contributed by atoms with E-state index >= 15 is 0 Å². The zero-order valence-corrected chi connectivity index (χ0v) is 10.3. The Hall–Kier alpha value is -0.120. The summed E-state index contributed by atoms with van der Waals surface area (Å²) in [4.78, 5) is 4.92. The van der Waals surface area contributed by atoms with Crippen LogP contribution in [0.2, 0.25) is 0 Å². The summed E-state index contributed by atoms with van der Waals surface area (Å²) in [6.07, 6.45) is 6.02. The Morgan fingerprint density at radius 2 is 2.13 bits per heavy atom. The van der Waals surface area contributed by atoms with Crippen LogP contribution in [-0.2, 0) is 0 Å². The summed E-state index contributed by atoms with van der Waals surface area (Å²) in [5, 5.41) is 8.69. The lowest BCUT2D eigenvalue weighted by molar-refractivity contribution is 0.132. The molecule has 1 heterocycles. The second-order valence-electron chi connectivity index (χ2n) is 4.82. The molecule has 0 saturated carbocycles. The first kappa shape index (κ1) is 12.9. The minimum absolute atomic E-state index is 0.343. The number of hydrogen-bond donors (Lipinski definition) is 1. The number of aliphatic hydroxyl groups is 1. The van der Waals surface area contributed by atoms with Gasteiger partial charge in [-0.2, -0.15) is 0 Å². The Morgan fingerprint density at radius 1 is 1.33 bits per heavy atom. The Morgan fingerprint density at radius 3 is 2.80 bits per heavy atom. The lowest BCUT2D eigenvalue weighted by Crippen LogP contribution is -2.45. The van der Waals surface area contributed by atoms with Gasteiger partial charge in [0.1, 0.15) is 0 Å². The van der Waals surface area contributed by atoms with E-state index in [1.807, 2.05) is 0 Å². The molecule has 1 rings (SSSR count). The van der Waals surface area contributed by atoms with E-state index in [1.54, 1.807) is 0 Å². The van der Waals surface area contributed by atoms with Crippen molar-refractivity contribution in [3.8, 4) is 0 Å². The maximum absolute atomic E-state index is 8.69. The van der Waals surface area contributed by atoms with Crippen LogP contribution in [0.15, 0.2) is 0 Å². The summed E-state index contributed by atoms with van der Waals surface area (Å²) in [5.74, 6) is 0. The van der Waals surface area contributed by atoms with Crippen molar-refractivity contribution in [3.05, 3.63) is 0 Å². The molecular formula is C12H26N2O. The Bertz CT molecular complexity index is 164. The van der Waals surface area contributed by atoms with Crippen molar-refractivity contribution in [2.24, 2.45) is 0 Å².